The first kappa shape index (κ1) is 43.9. The van der Waals surface area contributed by atoms with Crippen molar-refractivity contribution in [2.24, 2.45) is 0 Å². The normalized spacial score (nSPS) is 11.2. The van der Waals surface area contributed by atoms with Gasteiger partial charge in [0.25, 0.3) is 0 Å². The van der Waals surface area contributed by atoms with Crippen LogP contribution in [-0.4, -0.2) is 5.43 Å². The molecule has 0 saturated carbocycles. The molecule has 6 aromatic carbocycles. The molecule has 6 rings (SSSR count). The van der Waals surface area contributed by atoms with Gasteiger partial charge in [0.1, 0.15) is 0 Å². The Kier molecular flexibility index (Phi) is 16.3. The summed E-state index contributed by atoms with van der Waals surface area (Å²) in [5.74, 6) is 0. The summed E-state index contributed by atoms with van der Waals surface area (Å²) < 4.78 is 0. The van der Waals surface area contributed by atoms with E-state index in [0.29, 0.717) is 0 Å². The monoisotopic (exact) mass is 796 g/mol. The van der Waals surface area contributed by atoms with Gasteiger partial charge >= 0.3 is 54.7 Å². The summed E-state index contributed by atoms with van der Waals surface area (Å²) in [6.07, 6.45) is 1.40. The van der Waals surface area contributed by atoms with Crippen LogP contribution in [0.4, 0.5) is 0 Å². The molecule has 6 aromatic rings. The van der Waals surface area contributed by atoms with E-state index in [9.17, 15) is 0 Å². The Morgan fingerprint density at radius 3 is 1.16 bits per heavy atom. The molecule has 0 aliphatic heterocycles. The van der Waals surface area contributed by atoms with Crippen LogP contribution in [0.3, 0.4) is 0 Å². The maximum Gasteiger partial charge on any atom is -0.0279 e. The predicted octanol–water partition coefficient (Wildman–Crippen LogP) is 7.85. The van der Waals surface area contributed by atoms with Gasteiger partial charge in [0, 0.05) is 0 Å². The maximum absolute atomic E-state index is 2.40. The Morgan fingerprint density at radius 2 is 0.900 bits per heavy atom. The number of fused-ring (bicyclic) bond motifs is 2. The van der Waals surface area contributed by atoms with Gasteiger partial charge in [-0.15, -0.1) is 69.1 Å². The average Bonchev–Trinajstić information content (AvgIpc) is 3.56. The van der Waals surface area contributed by atoms with Crippen molar-refractivity contribution < 1.29 is 48.1 Å². The van der Waals surface area contributed by atoms with Crippen molar-refractivity contribution in [2.45, 2.75) is 106 Å². The predicted molar refractivity (Wildman–Crippen MR) is 213 cm³/mol. The van der Waals surface area contributed by atoms with E-state index in [2.05, 4.69) is 180 Å². The van der Waals surface area contributed by atoms with Crippen molar-refractivity contribution in [3.05, 3.63) is 130 Å². The molecule has 0 N–H and O–H groups in total. The molecule has 50 heavy (non-hydrogen) atoms. The Labute approximate surface area is 331 Å². The summed E-state index contributed by atoms with van der Waals surface area (Å²) in [6.45, 7) is 27.2. The minimum absolute atomic E-state index is 0. The van der Waals surface area contributed by atoms with Crippen molar-refractivity contribution >= 4 is 27.0 Å². The van der Waals surface area contributed by atoms with Crippen molar-refractivity contribution in [3.8, 4) is 22.3 Å². The van der Waals surface area contributed by atoms with Crippen LogP contribution < -0.4 is 24.8 Å². The van der Waals surface area contributed by atoms with E-state index in [1.807, 2.05) is 0 Å². The summed E-state index contributed by atoms with van der Waals surface area (Å²) in [5.41, 5.74) is 14.3. The van der Waals surface area contributed by atoms with Crippen molar-refractivity contribution in [2.75, 3.05) is 0 Å². The van der Waals surface area contributed by atoms with Gasteiger partial charge in [-0.1, -0.05) is 138 Å². The molecule has 0 fully saturated rings. The third kappa shape index (κ3) is 10.7. The number of hydrogen-bond donors (Lipinski definition) is 0. The quantitative estimate of drug-likeness (QED) is 0.126. The second kappa shape index (κ2) is 18.5. The Hall–Kier alpha value is -2.22. The molecular weight excluding hydrogens is 743 g/mol. The SMILES string of the molecule is CCC[Si](C)=[Zr+2].Cc1ccc(-c2cccc3[cH-]c(C(C)(C)C)c(C)c23)cc1.Cc1ccc(-c2cccc3[cH-]c(C(C)(C)C)c(C)c23)cc1.[Cl-].[Cl-]. The molecule has 0 aromatic heterocycles. The van der Waals surface area contributed by atoms with Crippen molar-refractivity contribution in [1.82, 2.24) is 0 Å². The van der Waals surface area contributed by atoms with Crippen LogP contribution in [0, 0.1) is 27.7 Å². The summed E-state index contributed by atoms with van der Waals surface area (Å²) >= 11 is 1.79. The number of rotatable bonds is 4. The molecular formula is C46H56Cl2SiZr-2. The van der Waals surface area contributed by atoms with Gasteiger partial charge in [-0.3, -0.25) is 0 Å². The fraction of sp³-hybridized carbons (Fsp3) is 0.348. The van der Waals surface area contributed by atoms with Crippen LogP contribution in [0.15, 0.2) is 97.1 Å². The molecule has 0 aliphatic rings. The maximum atomic E-state index is 2.40. The van der Waals surface area contributed by atoms with Crippen LogP contribution in [0.2, 0.25) is 12.6 Å². The molecule has 0 aliphatic carbocycles. The zero-order valence-corrected chi connectivity index (χ0v) is 37.4. The molecule has 264 valence electrons. The third-order valence-corrected chi connectivity index (χ3v) is 12.4. The van der Waals surface area contributed by atoms with E-state index < -0.39 is 0 Å². The zero-order chi connectivity index (χ0) is 35.4. The second-order valence-electron chi connectivity index (χ2n) is 15.7. The first-order valence-corrected chi connectivity index (χ1v) is 23.5. The molecule has 0 atom stereocenters. The van der Waals surface area contributed by atoms with Gasteiger partial charge in [-0.25, -0.2) is 0 Å². The van der Waals surface area contributed by atoms with Crippen LogP contribution in [0.25, 0.3) is 43.8 Å². The van der Waals surface area contributed by atoms with E-state index in [1.165, 1.54) is 89.6 Å². The molecule has 0 nitrogen and oxygen atoms in total. The second-order valence-corrected chi connectivity index (χ2v) is 24.0. The number of aryl methyl sites for hydroxylation is 4. The Balaban J connectivity index is 0.000000289. The van der Waals surface area contributed by atoms with Gasteiger partial charge in [0.05, 0.1) is 0 Å². The first-order valence-electron chi connectivity index (χ1n) is 17.6. The van der Waals surface area contributed by atoms with E-state index in [4.69, 9.17) is 0 Å². The summed E-state index contributed by atoms with van der Waals surface area (Å²) in [5, 5.41) is 5.53. The van der Waals surface area contributed by atoms with Gasteiger partial charge in [-0.2, -0.15) is 11.1 Å². The van der Waals surface area contributed by atoms with E-state index in [0.717, 1.165) is 0 Å². The van der Waals surface area contributed by atoms with Crippen molar-refractivity contribution in [1.29, 1.82) is 0 Å². The zero-order valence-electron chi connectivity index (χ0n) is 32.4. The van der Waals surface area contributed by atoms with Gasteiger partial charge in [0.2, 0.25) is 0 Å². The molecule has 0 saturated heterocycles. The first-order chi connectivity index (χ1) is 22.5. The molecule has 0 amide bonds. The van der Waals surface area contributed by atoms with Crippen LogP contribution in [0.5, 0.6) is 0 Å². The minimum Gasteiger partial charge on any atom is -1.00 e. The van der Waals surface area contributed by atoms with E-state index in [-0.39, 0.29) is 41.1 Å². The largest absolute Gasteiger partial charge is 1.00 e. The smallest absolute Gasteiger partial charge is 0.0279 e. The van der Waals surface area contributed by atoms with Gasteiger partial charge in [-0.05, 0) is 35.8 Å². The summed E-state index contributed by atoms with van der Waals surface area (Å²) in [4.78, 5) is 0. The Morgan fingerprint density at radius 1 is 0.560 bits per heavy atom. The van der Waals surface area contributed by atoms with Crippen LogP contribution in [0.1, 0.15) is 88.3 Å². The number of benzene rings is 4. The van der Waals surface area contributed by atoms with E-state index >= 15 is 0 Å². The molecule has 0 spiro atoms. The molecule has 0 bridgehead atoms. The summed E-state index contributed by atoms with van der Waals surface area (Å²) in [7, 11) is 0. The van der Waals surface area contributed by atoms with Crippen LogP contribution >= 0.6 is 0 Å². The molecule has 0 heterocycles. The standard InChI is InChI=1S/2C21H23.C4H10Si.2ClH.Zr/c2*1-14-9-11-16(12-10-14)18-8-6-7-17-13-19(21(3,4)5)15(2)20(17)18;1-3-4-5-2;;;/h2*6-13H,1-5H3;3-4H2,1-2H3;2*1H;/q2*-1;;;;+2/p-2. The molecule has 0 radical (unpaired) electrons. The molecule has 4 heteroatoms. The fourth-order valence-corrected chi connectivity index (χ4v) is 9.49. The average molecular weight is 799 g/mol. The minimum atomic E-state index is 0. The van der Waals surface area contributed by atoms with Gasteiger partial charge in [0.15, 0.2) is 0 Å². The Bertz CT molecular complexity index is 1850. The fourth-order valence-electron chi connectivity index (χ4n) is 6.90. The van der Waals surface area contributed by atoms with Crippen molar-refractivity contribution in [3.63, 3.8) is 0 Å². The number of halogens is 2. The van der Waals surface area contributed by atoms with Crippen LogP contribution in [-0.2, 0) is 34.2 Å². The van der Waals surface area contributed by atoms with Gasteiger partial charge < -0.3 is 24.8 Å². The van der Waals surface area contributed by atoms with E-state index in [1.54, 1.807) is 23.3 Å². The number of hydrogen-bond acceptors (Lipinski definition) is 0. The summed E-state index contributed by atoms with van der Waals surface area (Å²) in [6, 6.07) is 37.2. The topological polar surface area (TPSA) is 0 Å². The third-order valence-electron chi connectivity index (χ3n) is 9.32. The molecule has 0 unspecified atom stereocenters.